The van der Waals surface area contributed by atoms with Crippen molar-refractivity contribution in [3.63, 3.8) is 0 Å². The molecule has 0 saturated carbocycles. The quantitative estimate of drug-likeness (QED) is 0.410. The predicted molar refractivity (Wildman–Crippen MR) is 151 cm³/mol. The van der Waals surface area contributed by atoms with Gasteiger partial charge in [0.25, 0.3) is 0 Å². The van der Waals surface area contributed by atoms with E-state index in [9.17, 15) is 0 Å². The van der Waals surface area contributed by atoms with Gasteiger partial charge in [0.05, 0.1) is 6.54 Å². The molecular formula is C29H35FN8. The maximum absolute atomic E-state index is 15.3. The van der Waals surface area contributed by atoms with Gasteiger partial charge in [-0.1, -0.05) is 0 Å². The first kappa shape index (κ1) is 24.8. The van der Waals surface area contributed by atoms with Crippen LogP contribution in [-0.4, -0.2) is 71.0 Å². The first-order valence-corrected chi connectivity index (χ1v) is 13.5. The van der Waals surface area contributed by atoms with E-state index >= 15 is 4.39 Å². The SMILES string of the molecule is CNC1CCN(c2cc(C)c(-c3cc4cc(Nc5cc6n(n5)CCN(C)CC6)ncc4cc3F)cn2)CC1. The van der Waals surface area contributed by atoms with E-state index in [4.69, 9.17) is 10.1 Å². The third kappa shape index (κ3) is 4.96. The topological polar surface area (TPSA) is 74.1 Å². The number of nitrogens with one attached hydrogen (secondary N) is 2. The summed E-state index contributed by atoms with van der Waals surface area (Å²) < 4.78 is 17.3. The Kier molecular flexibility index (Phi) is 6.71. The summed E-state index contributed by atoms with van der Waals surface area (Å²) in [5.74, 6) is 2.17. The number of nitrogens with zero attached hydrogens (tertiary/aromatic N) is 6. The van der Waals surface area contributed by atoms with Crippen LogP contribution in [0, 0.1) is 12.7 Å². The number of pyridine rings is 2. The van der Waals surface area contributed by atoms with Gasteiger partial charge in [0.2, 0.25) is 0 Å². The minimum Gasteiger partial charge on any atom is -0.356 e. The molecule has 198 valence electrons. The fraction of sp³-hybridized carbons (Fsp3) is 0.414. The lowest BCUT2D eigenvalue weighted by Gasteiger charge is -2.32. The molecule has 8 nitrogen and oxygen atoms in total. The smallest absolute Gasteiger partial charge is 0.153 e. The monoisotopic (exact) mass is 514 g/mol. The third-order valence-electron chi connectivity index (χ3n) is 7.98. The number of fused-ring (bicyclic) bond motifs is 2. The van der Waals surface area contributed by atoms with Crippen LogP contribution in [0.2, 0.25) is 0 Å². The van der Waals surface area contributed by atoms with Crippen molar-refractivity contribution in [2.75, 3.05) is 50.5 Å². The van der Waals surface area contributed by atoms with Gasteiger partial charge in [-0.2, -0.15) is 5.10 Å². The standard InChI is InChI=1S/C29H35FN8/c1-19-12-29(37-8-4-22(31-2)5-9-37)33-18-25(19)24-13-20-15-27(32-17-21(20)14-26(24)30)34-28-16-23-6-7-36(3)10-11-38(23)35-28/h12-18,22,31H,4-11H2,1-3H3,(H,32,34,35). The molecule has 2 N–H and O–H groups in total. The number of benzene rings is 1. The molecule has 0 amide bonds. The molecule has 2 aliphatic heterocycles. The largest absolute Gasteiger partial charge is 0.356 e. The Hall–Kier alpha value is -3.56. The van der Waals surface area contributed by atoms with Crippen LogP contribution in [0.25, 0.3) is 21.9 Å². The zero-order valence-electron chi connectivity index (χ0n) is 22.3. The lowest BCUT2D eigenvalue weighted by Crippen LogP contribution is -2.41. The van der Waals surface area contributed by atoms with E-state index in [1.165, 1.54) is 5.69 Å². The molecule has 1 aromatic carbocycles. The van der Waals surface area contributed by atoms with Crippen LogP contribution in [0.4, 0.5) is 21.8 Å². The molecule has 2 aliphatic rings. The van der Waals surface area contributed by atoms with Crippen LogP contribution in [-0.2, 0) is 13.0 Å². The maximum atomic E-state index is 15.3. The summed E-state index contributed by atoms with van der Waals surface area (Å²) in [7, 11) is 4.16. The van der Waals surface area contributed by atoms with Crippen molar-refractivity contribution in [2.45, 2.75) is 38.8 Å². The number of rotatable bonds is 5. The van der Waals surface area contributed by atoms with Crippen LogP contribution in [0.5, 0.6) is 0 Å². The van der Waals surface area contributed by atoms with Crippen molar-refractivity contribution in [3.8, 4) is 11.1 Å². The summed E-state index contributed by atoms with van der Waals surface area (Å²) in [5.41, 5.74) is 3.60. The first-order chi connectivity index (χ1) is 18.5. The molecule has 1 fully saturated rings. The van der Waals surface area contributed by atoms with Gasteiger partial charge in [-0.15, -0.1) is 0 Å². The second-order valence-electron chi connectivity index (χ2n) is 10.6. The van der Waals surface area contributed by atoms with Gasteiger partial charge in [0.1, 0.15) is 17.5 Å². The maximum Gasteiger partial charge on any atom is 0.153 e. The van der Waals surface area contributed by atoms with Crippen molar-refractivity contribution in [1.82, 2.24) is 30.0 Å². The van der Waals surface area contributed by atoms with Gasteiger partial charge in [-0.25, -0.2) is 14.4 Å². The molecule has 5 heterocycles. The number of aryl methyl sites for hydroxylation is 1. The Morgan fingerprint density at radius 2 is 1.71 bits per heavy atom. The number of aromatic nitrogens is 4. The zero-order valence-corrected chi connectivity index (χ0v) is 22.3. The van der Waals surface area contributed by atoms with E-state index in [1.807, 2.05) is 32.3 Å². The van der Waals surface area contributed by atoms with E-state index in [0.29, 0.717) is 17.4 Å². The van der Waals surface area contributed by atoms with E-state index in [2.05, 4.69) is 49.3 Å². The molecule has 4 aromatic rings. The lowest BCUT2D eigenvalue weighted by atomic mass is 9.99. The second kappa shape index (κ2) is 10.3. The molecule has 38 heavy (non-hydrogen) atoms. The van der Waals surface area contributed by atoms with E-state index in [0.717, 1.165) is 85.5 Å². The number of piperidine rings is 1. The molecule has 0 bridgehead atoms. The van der Waals surface area contributed by atoms with Crippen molar-refractivity contribution in [3.05, 3.63) is 59.8 Å². The highest BCUT2D eigenvalue weighted by atomic mass is 19.1. The fourth-order valence-electron chi connectivity index (χ4n) is 5.56. The van der Waals surface area contributed by atoms with Gasteiger partial charge in [0, 0.05) is 79.3 Å². The zero-order chi connectivity index (χ0) is 26.2. The summed E-state index contributed by atoms with van der Waals surface area (Å²) in [6.07, 6.45) is 6.70. The minimum absolute atomic E-state index is 0.268. The van der Waals surface area contributed by atoms with Crippen LogP contribution in [0.15, 0.2) is 42.7 Å². The molecule has 6 rings (SSSR count). The number of hydrogen-bond acceptors (Lipinski definition) is 7. The van der Waals surface area contributed by atoms with Gasteiger partial charge in [-0.3, -0.25) is 4.68 Å². The highest BCUT2D eigenvalue weighted by molar-refractivity contribution is 5.89. The second-order valence-corrected chi connectivity index (χ2v) is 10.6. The molecular weight excluding hydrogens is 479 g/mol. The van der Waals surface area contributed by atoms with Gasteiger partial charge >= 0.3 is 0 Å². The Labute approximate surface area is 222 Å². The van der Waals surface area contributed by atoms with E-state index in [-0.39, 0.29) is 5.82 Å². The molecule has 0 radical (unpaired) electrons. The van der Waals surface area contributed by atoms with Gasteiger partial charge in [0.15, 0.2) is 5.82 Å². The number of likely N-dealkylation sites (N-methyl/N-ethyl adjacent to an activating group) is 1. The summed E-state index contributed by atoms with van der Waals surface area (Å²) in [6.45, 7) is 6.87. The van der Waals surface area contributed by atoms with Crippen molar-refractivity contribution < 1.29 is 4.39 Å². The number of halogens is 1. The Morgan fingerprint density at radius 1 is 0.868 bits per heavy atom. The molecule has 1 saturated heterocycles. The average molecular weight is 515 g/mol. The van der Waals surface area contributed by atoms with E-state index in [1.54, 1.807) is 12.3 Å². The normalized spacial score (nSPS) is 17.0. The van der Waals surface area contributed by atoms with Crippen LogP contribution in [0.1, 0.15) is 24.1 Å². The van der Waals surface area contributed by atoms with Crippen LogP contribution >= 0.6 is 0 Å². The van der Waals surface area contributed by atoms with Gasteiger partial charge < -0.3 is 20.4 Å². The summed E-state index contributed by atoms with van der Waals surface area (Å²) in [4.78, 5) is 13.9. The molecule has 0 aliphatic carbocycles. The van der Waals surface area contributed by atoms with Crippen molar-refractivity contribution in [2.24, 2.45) is 0 Å². The van der Waals surface area contributed by atoms with Crippen LogP contribution < -0.4 is 15.5 Å². The molecule has 0 spiro atoms. The fourth-order valence-corrected chi connectivity index (χ4v) is 5.56. The minimum atomic E-state index is -0.268. The van der Waals surface area contributed by atoms with Crippen molar-refractivity contribution >= 4 is 28.2 Å². The molecule has 3 aromatic heterocycles. The Bertz CT molecular complexity index is 1430. The van der Waals surface area contributed by atoms with Crippen molar-refractivity contribution in [1.29, 1.82) is 0 Å². The number of anilines is 3. The Balaban J connectivity index is 1.25. The third-order valence-corrected chi connectivity index (χ3v) is 7.98. The lowest BCUT2D eigenvalue weighted by molar-refractivity contribution is 0.337. The average Bonchev–Trinajstić information content (AvgIpc) is 3.23. The molecule has 0 atom stereocenters. The predicted octanol–water partition coefficient (Wildman–Crippen LogP) is 4.36. The van der Waals surface area contributed by atoms with E-state index < -0.39 is 0 Å². The van der Waals surface area contributed by atoms with Gasteiger partial charge in [-0.05, 0) is 69.1 Å². The first-order valence-electron chi connectivity index (χ1n) is 13.5. The highest BCUT2D eigenvalue weighted by Gasteiger charge is 2.20. The summed E-state index contributed by atoms with van der Waals surface area (Å²) in [5, 5.41) is 13.1. The summed E-state index contributed by atoms with van der Waals surface area (Å²) >= 11 is 0. The Morgan fingerprint density at radius 3 is 2.50 bits per heavy atom. The number of hydrogen-bond donors (Lipinski definition) is 2. The molecule has 9 heteroatoms. The highest BCUT2D eigenvalue weighted by Crippen LogP contribution is 2.32. The van der Waals surface area contributed by atoms with Crippen LogP contribution in [0.3, 0.4) is 0 Å². The molecule has 0 unspecified atom stereocenters. The summed E-state index contributed by atoms with van der Waals surface area (Å²) in [6, 6.07) is 10.2.